The molecule has 1 N–H and O–H groups in total. The number of rotatable bonds is 3. The van der Waals surface area contributed by atoms with Gasteiger partial charge >= 0.3 is 0 Å². The van der Waals surface area contributed by atoms with Crippen LogP contribution in [0.1, 0.15) is 36.2 Å². The fraction of sp³-hybridized carbons (Fsp3) is 0.450. The first kappa shape index (κ1) is 18.5. The van der Waals surface area contributed by atoms with Gasteiger partial charge in [0.1, 0.15) is 12.0 Å². The molecule has 29 heavy (non-hydrogen) atoms. The highest BCUT2D eigenvalue weighted by molar-refractivity contribution is 7.88. The molecule has 0 aliphatic carbocycles. The van der Waals surface area contributed by atoms with Crippen LogP contribution in [0.5, 0.6) is 0 Å². The van der Waals surface area contributed by atoms with Gasteiger partial charge in [-0.2, -0.15) is 0 Å². The van der Waals surface area contributed by atoms with Crippen molar-refractivity contribution in [2.24, 2.45) is 0 Å². The van der Waals surface area contributed by atoms with E-state index in [0.29, 0.717) is 25.7 Å². The molecule has 1 fully saturated rings. The molecule has 2 unspecified atom stereocenters. The van der Waals surface area contributed by atoms with Crippen molar-refractivity contribution < 1.29 is 8.42 Å². The third kappa shape index (κ3) is 3.18. The summed E-state index contributed by atoms with van der Waals surface area (Å²) in [5, 5.41) is 1.10. The van der Waals surface area contributed by atoms with E-state index in [9.17, 15) is 8.42 Å². The van der Waals surface area contributed by atoms with Gasteiger partial charge in [0, 0.05) is 67.0 Å². The Balaban J connectivity index is 1.52. The Morgan fingerprint density at radius 2 is 2.07 bits per heavy atom. The Labute approximate surface area is 170 Å². The highest BCUT2D eigenvalue weighted by Gasteiger charge is 2.35. The number of aromatic amines is 1. The number of pyridine rings is 1. The first-order chi connectivity index (χ1) is 13.9. The van der Waals surface area contributed by atoms with Gasteiger partial charge < -0.3 is 9.88 Å². The molecule has 0 bridgehead atoms. The standard InChI is InChI=1S/C20H24N6O2S/c1-13-9-17-16(11-26(13)18-4-7-22-20-15(18)3-6-21-20)19(24-12-23-17)14-5-8-25(10-14)29(2,27)28/h3-4,6-7,12-14H,5,8-11H2,1-2H3,(H,21,22). The maximum Gasteiger partial charge on any atom is 0.211 e. The van der Waals surface area contributed by atoms with Crippen LogP contribution in [0.15, 0.2) is 30.9 Å². The van der Waals surface area contributed by atoms with E-state index in [1.807, 2.05) is 12.4 Å². The first-order valence-electron chi connectivity index (χ1n) is 9.88. The second-order valence-electron chi connectivity index (χ2n) is 8.04. The van der Waals surface area contributed by atoms with Crippen LogP contribution in [0.3, 0.4) is 0 Å². The van der Waals surface area contributed by atoms with Crippen molar-refractivity contribution in [1.29, 1.82) is 0 Å². The summed E-state index contributed by atoms with van der Waals surface area (Å²) in [4.78, 5) is 19.2. The van der Waals surface area contributed by atoms with Gasteiger partial charge in [0.2, 0.25) is 10.0 Å². The SMILES string of the molecule is CC1Cc2ncnc(C3CCN(S(C)(=O)=O)C3)c2CN1c1ccnc2[nH]ccc12. The Morgan fingerprint density at radius 3 is 2.86 bits per heavy atom. The fourth-order valence-corrected chi connectivity index (χ4v) is 5.54. The zero-order chi connectivity index (χ0) is 20.2. The molecular formula is C20H24N6O2S. The quantitative estimate of drug-likeness (QED) is 0.707. The number of hydrogen-bond acceptors (Lipinski definition) is 6. The van der Waals surface area contributed by atoms with E-state index in [1.54, 1.807) is 10.6 Å². The van der Waals surface area contributed by atoms with Crippen LogP contribution in [0.4, 0.5) is 5.69 Å². The molecular weight excluding hydrogens is 388 g/mol. The predicted molar refractivity (Wildman–Crippen MR) is 111 cm³/mol. The monoisotopic (exact) mass is 412 g/mol. The smallest absolute Gasteiger partial charge is 0.211 e. The fourth-order valence-electron chi connectivity index (χ4n) is 4.65. The van der Waals surface area contributed by atoms with E-state index in [-0.39, 0.29) is 5.92 Å². The molecule has 2 aliphatic heterocycles. The number of nitrogens with one attached hydrogen (secondary N) is 1. The zero-order valence-corrected chi connectivity index (χ0v) is 17.4. The van der Waals surface area contributed by atoms with Gasteiger partial charge in [0.25, 0.3) is 0 Å². The van der Waals surface area contributed by atoms with Crippen molar-refractivity contribution >= 4 is 26.7 Å². The number of anilines is 1. The van der Waals surface area contributed by atoms with Gasteiger partial charge in [-0.1, -0.05) is 0 Å². The maximum atomic E-state index is 12.0. The molecule has 0 aromatic carbocycles. The molecule has 0 saturated carbocycles. The number of sulfonamides is 1. The number of hydrogen-bond donors (Lipinski definition) is 1. The van der Waals surface area contributed by atoms with Crippen LogP contribution in [-0.2, 0) is 23.0 Å². The average molecular weight is 413 g/mol. The topological polar surface area (TPSA) is 95.1 Å². The molecule has 3 aromatic rings. The normalized spacial score (nSPS) is 22.9. The second kappa shape index (κ2) is 6.77. The molecule has 0 amide bonds. The lowest BCUT2D eigenvalue weighted by Crippen LogP contribution is -2.40. The van der Waals surface area contributed by atoms with E-state index in [1.165, 1.54) is 6.26 Å². The van der Waals surface area contributed by atoms with Gasteiger partial charge in [0.15, 0.2) is 0 Å². The van der Waals surface area contributed by atoms with Crippen molar-refractivity contribution in [3.8, 4) is 0 Å². The lowest BCUT2D eigenvalue weighted by atomic mass is 9.92. The summed E-state index contributed by atoms with van der Waals surface area (Å²) in [7, 11) is -3.18. The van der Waals surface area contributed by atoms with Gasteiger partial charge in [-0.15, -0.1) is 0 Å². The van der Waals surface area contributed by atoms with Crippen LogP contribution >= 0.6 is 0 Å². The average Bonchev–Trinajstić information content (AvgIpc) is 3.36. The van der Waals surface area contributed by atoms with Crippen molar-refractivity contribution in [3.63, 3.8) is 0 Å². The van der Waals surface area contributed by atoms with Crippen LogP contribution in [-0.4, -0.2) is 58.0 Å². The molecule has 0 radical (unpaired) electrons. The Morgan fingerprint density at radius 1 is 1.21 bits per heavy atom. The number of nitrogens with zero attached hydrogens (tertiary/aromatic N) is 5. The lowest BCUT2D eigenvalue weighted by molar-refractivity contribution is 0.476. The molecule has 1 saturated heterocycles. The molecule has 8 nitrogen and oxygen atoms in total. The number of aromatic nitrogens is 4. The lowest BCUT2D eigenvalue weighted by Gasteiger charge is -2.37. The first-order valence-corrected chi connectivity index (χ1v) is 11.7. The van der Waals surface area contributed by atoms with Gasteiger partial charge in [-0.25, -0.2) is 27.7 Å². The van der Waals surface area contributed by atoms with Crippen molar-refractivity contribution in [3.05, 3.63) is 47.8 Å². The highest BCUT2D eigenvalue weighted by Crippen LogP contribution is 2.36. The predicted octanol–water partition coefficient (Wildman–Crippen LogP) is 2.05. The van der Waals surface area contributed by atoms with Crippen molar-refractivity contribution in [1.82, 2.24) is 24.2 Å². The molecule has 2 aliphatic rings. The molecule has 9 heteroatoms. The molecule has 152 valence electrons. The summed E-state index contributed by atoms with van der Waals surface area (Å²) in [5.74, 6) is 0.112. The zero-order valence-electron chi connectivity index (χ0n) is 16.5. The molecule has 5 rings (SSSR count). The third-order valence-corrected chi connectivity index (χ3v) is 7.44. The summed E-state index contributed by atoms with van der Waals surface area (Å²) in [6, 6.07) is 4.41. The Hall–Kier alpha value is -2.52. The molecule has 5 heterocycles. The summed E-state index contributed by atoms with van der Waals surface area (Å²) in [6.45, 7) is 3.98. The highest BCUT2D eigenvalue weighted by atomic mass is 32.2. The van der Waals surface area contributed by atoms with E-state index in [0.717, 1.165) is 46.5 Å². The van der Waals surface area contributed by atoms with Crippen LogP contribution < -0.4 is 4.90 Å². The summed E-state index contributed by atoms with van der Waals surface area (Å²) in [6.07, 6.45) is 8.29. The van der Waals surface area contributed by atoms with Gasteiger partial charge in [-0.05, 0) is 25.5 Å². The van der Waals surface area contributed by atoms with Gasteiger partial charge in [-0.3, -0.25) is 0 Å². The summed E-state index contributed by atoms with van der Waals surface area (Å²) in [5.41, 5.74) is 5.25. The van der Waals surface area contributed by atoms with E-state index < -0.39 is 10.0 Å². The minimum atomic E-state index is -3.18. The second-order valence-corrected chi connectivity index (χ2v) is 10.0. The largest absolute Gasteiger partial charge is 0.363 e. The summed E-state index contributed by atoms with van der Waals surface area (Å²) >= 11 is 0. The van der Waals surface area contributed by atoms with E-state index >= 15 is 0 Å². The Bertz CT molecular complexity index is 1170. The van der Waals surface area contributed by atoms with Crippen LogP contribution in [0, 0.1) is 0 Å². The Kier molecular flexibility index (Phi) is 4.32. The van der Waals surface area contributed by atoms with Crippen molar-refractivity contribution in [2.75, 3.05) is 24.2 Å². The van der Waals surface area contributed by atoms with E-state index in [2.05, 4.69) is 43.9 Å². The van der Waals surface area contributed by atoms with Gasteiger partial charge in [0.05, 0.1) is 17.6 Å². The third-order valence-electron chi connectivity index (χ3n) is 6.17. The van der Waals surface area contributed by atoms with Crippen LogP contribution in [0.2, 0.25) is 0 Å². The minimum Gasteiger partial charge on any atom is -0.363 e. The van der Waals surface area contributed by atoms with E-state index in [4.69, 9.17) is 0 Å². The van der Waals surface area contributed by atoms with Crippen LogP contribution in [0.25, 0.3) is 11.0 Å². The molecule has 2 atom stereocenters. The molecule has 0 spiro atoms. The minimum absolute atomic E-state index is 0.112. The summed E-state index contributed by atoms with van der Waals surface area (Å²) < 4.78 is 25.5. The van der Waals surface area contributed by atoms with Crippen molar-refractivity contribution in [2.45, 2.75) is 38.3 Å². The maximum absolute atomic E-state index is 12.0. The molecule has 3 aromatic heterocycles. The number of H-pyrrole nitrogens is 1. The number of fused-ring (bicyclic) bond motifs is 2.